The van der Waals surface area contributed by atoms with E-state index in [0.29, 0.717) is 6.54 Å². The highest BCUT2D eigenvalue weighted by molar-refractivity contribution is 7.89. The van der Waals surface area contributed by atoms with Crippen molar-refractivity contribution in [2.75, 3.05) is 25.5 Å². The van der Waals surface area contributed by atoms with E-state index >= 15 is 0 Å². The maximum atomic E-state index is 12.7. The Hall–Kier alpha value is -1.57. The molecule has 1 aromatic heterocycles. The van der Waals surface area contributed by atoms with Crippen LogP contribution in [0.15, 0.2) is 35.6 Å². The van der Waals surface area contributed by atoms with Crippen molar-refractivity contribution in [2.45, 2.75) is 18.5 Å². The Bertz CT molecular complexity index is 769. The summed E-state index contributed by atoms with van der Waals surface area (Å²) < 4.78 is 28.3. The van der Waals surface area contributed by atoms with Gasteiger partial charge in [0.25, 0.3) is 10.0 Å². The molecule has 0 aliphatic heterocycles. The fourth-order valence-electron chi connectivity index (χ4n) is 2.16. The third-order valence-corrected chi connectivity index (χ3v) is 6.00. The molecule has 1 heterocycles. The molecule has 0 saturated heterocycles. The summed E-state index contributed by atoms with van der Waals surface area (Å²) in [5.41, 5.74) is 1.97. The van der Waals surface area contributed by atoms with E-state index in [1.807, 2.05) is 43.3 Å². The number of imidazole rings is 1. The second-order valence-electron chi connectivity index (χ2n) is 5.44. The zero-order chi connectivity index (χ0) is 17.2. The van der Waals surface area contributed by atoms with Crippen LogP contribution >= 0.6 is 11.6 Å². The first kappa shape index (κ1) is 17.8. The molecule has 0 N–H and O–H groups in total. The van der Waals surface area contributed by atoms with E-state index in [4.69, 9.17) is 11.6 Å². The fourth-order valence-corrected chi connectivity index (χ4v) is 3.98. The number of aryl methyl sites for hydroxylation is 1. The fraction of sp³-hybridized carbons (Fsp3) is 0.400. The quantitative estimate of drug-likeness (QED) is 0.797. The average Bonchev–Trinajstić information content (AvgIpc) is 2.85. The molecule has 0 spiro atoms. The van der Waals surface area contributed by atoms with Crippen LogP contribution in [-0.2, 0) is 23.6 Å². The largest absolute Gasteiger partial charge is 0.378 e. The molecule has 0 unspecified atom stereocenters. The molecule has 0 radical (unpaired) electrons. The first-order chi connectivity index (χ1) is 10.8. The summed E-state index contributed by atoms with van der Waals surface area (Å²) in [6.07, 6.45) is 1.40. The van der Waals surface area contributed by atoms with Gasteiger partial charge in [0.05, 0.1) is 6.33 Å². The smallest absolute Gasteiger partial charge is 0.263 e. The first-order valence-corrected chi connectivity index (χ1v) is 9.02. The molecule has 0 aliphatic carbocycles. The summed E-state index contributed by atoms with van der Waals surface area (Å²) in [7, 11) is 1.85. The number of anilines is 1. The zero-order valence-electron chi connectivity index (χ0n) is 13.7. The van der Waals surface area contributed by atoms with Crippen LogP contribution in [0.4, 0.5) is 5.69 Å². The number of halogens is 1. The van der Waals surface area contributed by atoms with Crippen molar-refractivity contribution in [1.29, 1.82) is 0 Å². The Labute approximate surface area is 142 Å². The number of benzene rings is 1. The lowest BCUT2D eigenvalue weighted by atomic mass is 10.2. The SMILES string of the molecule is CCN(Cc1ccc(N(C)C)cc1)S(=O)(=O)c1ncn(C)c1Cl. The van der Waals surface area contributed by atoms with Crippen molar-refractivity contribution in [3.05, 3.63) is 41.3 Å². The molecule has 2 aromatic rings. The summed E-state index contributed by atoms with van der Waals surface area (Å²) in [6, 6.07) is 7.77. The molecule has 0 atom stereocenters. The third-order valence-electron chi connectivity index (χ3n) is 3.58. The van der Waals surface area contributed by atoms with Crippen molar-refractivity contribution in [1.82, 2.24) is 13.9 Å². The Balaban J connectivity index is 2.27. The van der Waals surface area contributed by atoms with Crippen LogP contribution in [-0.4, -0.2) is 42.9 Å². The van der Waals surface area contributed by atoms with Gasteiger partial charge in [0.2, 0.25) is 5.03 Å². The van der Waals surface area contributed by atoms with E-state index < -0.39 is 10.0 Å². The minimum atomic E-state index is -3.73. The normalized spacial score (nSPS) is 11.9. The molecule has 0 aliphatic rings. The lowest BCUT2D eigenvalue weighted by molar-refractivity contribution is 0.421. The standard InChI is InChI=1S/C15H21ClN4O2S/c1-5-20(10-12-6-8-13(9-7-12)18(2)3)23(21,22)15-14(16)19(4)11-17-15/h6-9,11H,5,10H2,1-4H3. The number of sulfonamides is 1. The molecule has 8 heteroatoms. The summed E-state index contributed by atoms with van der Waals surface area (Å²) >= 11 is 6.04. The van der Waals surface area contributed by atoms with Crippen molar-refractivity contribution < 1.29 is 8.42 Å². The highest BCUT2D eigenvalue weighted by Crippen LogP contribution is 2.24. The molecular weight excluding hydrogens is 336 g/mol. The molecule has 126 valence electrons. The molecular formula is C15H21ClN4O2S. The van der Waals surface area contributed by atoms with Gasteiger partial charge in [-0.15, -0.1) is 0 Å². The minimum Gasteiger partial charge on any atom is -0.378 e. The van der Waals surface area contributed by atoms with Crippen molar-refractivity contribution in [2.24, 2.45) is 7.05 Å². The Morgan fingerprint density at radius 3 is 2.26 bits per heavy atom. The van der Waals surface area contributed by atoms with Crippen LogP contribution in [0.2, 0.25) is 5.15 Å². The maximum absolute atomic E-state index is 12.7. The van der Waals surface area contributed by atoms with Gasteiger partial charge in [0.15, 0.2) is 0 Å². The molecule has 2 rings (SSSR count). The second kappa shape index (κ2) is 6.90. The molecule has 0 fully saturated rings. The number of hydrogen-bond donors (Lipinski definition) is 0. The van der Waals surface area contributed by atoms with Gasteiger partial charge in [0, 0.05) is 39.9 Å². The first-order valence-electron chi connectivity index (χ1n) is 7.20. The number of hydrogen-bond acceptors (Lipinski definition) is 4. The minimum absolute atomic E-state index is 0.103. The second-order valence-corrected chi connectivity index (χ2v) is 7.65. The van der Waals surface area contributed by atoms with Crippen LogP contribution in [0.5, 0.6) is 0 Å². The van der Waals surface area contributed by atoms with Gasteiger partial charge in [-0.3, -0.25) is 0 Å². The Morgan fingerprint density at radius 1 is 1.22 bits per heavy atom. The van der Waals surface area contributed by atoms with E-state index in [-0.39, 0.29) is 16.7 Å². The Kier molecular flexibility index (Phi) is 5.33. The molecule has 0 saturated carbocycles. The van der Waals surface area contributed by atoms with Crippen molar-refractivity contribution in [3.8, 4) is 0 Å². The predicted octanol–water partition coefficient (Wildman–Crippen LogP) is 2.35. The van der Waals surface area contributed by atoms with Crippen molar-refractivity contribution >= 4 is 27.3 Å². The van der Waals surface area contributed by atoms with Gasteiger partial charge in [0.1, 0.15) is 5.15 Å². The van der Waals surface area contributed by atoms with Crippen LogP contribution in [0.1, 0.15) is 12.5 Å². The monoisotopic (exact) mass is 356 g/mol. The summed E-state index contributed by atoms with van der Waals surface area (Å²) in [5, 5.41) is 0.0137. The van der Waals surface area contributed by atoms with Gasteiger partial charge in [-0.1, -0.05) is 30.7 Å². The van der Waals surface area contributed by atoms with E-state index in [1.54, 1.807) is 14.0 Å². The number of nitrogens with zero attached hydrogens (tertiary/aromatic N) is 4. The highest BCUT2D eigenvalue weighted by atomic mass is 35.5. The topological polar surface area (TPSA) is 58.4 Å². The molecule has 0 bridgehead atoms. The van der Waals surface area contributed by atoms with E-state index in [9.17, 15) is 8.42 Å². The molecule has 1 aromatic carbocycles. The van der Waals surface area contributed by atoms with E-state index in [2.05, 4.69) is 4.98 Å². The van der Waals surface area contributed by atoms with E-state index in [0.717, 1.165) is 11.3 Å². The summed E-state index contributed by atoms with van der Waals surface area (Å²) in [6.45, 7) is 2.41. The molecule has 6 nitrogen and oxygen atoms in total. The van der Waals surface area contributed by atoms with Crippen LogP contribution in [0, 0.1) is 0 Å². The number of rotatable bonds is 6. The van der Waals surface area contributed by atoms with Gasteiger partial charge in [-0.05, 0) is 17.7 Å². The highest BCUT2D eigenvalue weighted by Gasteiger charge is 2.28. The summed E-state index contributed by atoms with van der Waals surface area (Å²) in [5.74, 6) is 0. The summed E-state index contributed by atoms with van der Waals surface area (Å²) in [4.78, 5) is 5.92. The van der Waals surface area contributed by atoms with Gasteiger partial charge in [-0.2, -0.15) is 4.31 Å². The molecule has 0 amide bonds. The lowest BCUT2D eigenvalue weighted by Crippen LogP contribution is -2.31. The van der Waals surface area contributed by atoms with Crippen LogP contribution < -0.4 is 4.90 Å². The van der Waals surface area contributed by atoms with Crippen LogP contribution in [0.25, 0.3) is 0 Å². The van der Waals surface area contributed by atoms with Gasteiger partial charge < -0.3 is 9.47 Å². The van der Waals surface area contributed by atoms with Crippen LogP contribution in [0.3, 0.4) is 0 Å². The average molecular weight is 357 g/mol. The van der Waals surface area contributed by atoms with Gasteiger partial charge >= 0.3 is 0 Å². The Morgan fingerprint density at radius 2 is 1.83 bits per heavy atom. The van der Waals surface area contributed by atoms with Crippen molar-refractivity contribution in [3.63, 3.8) is 0 Å². The van der Waals surface area contributed by atoms with E-state index in [1.165, 1.54) is 15.2 Å². The third kappa shape index (κ3) is 3.68. The number of aromatic nitrogens is 2. The zero-order valence-corrected chi connectivity index (χ0v) is 15.3. The molecule has 23 heavy (non-hydrogen) atoms. The lowest BCUT2D eigenvalue weighted by Gasteiger charge is -2.20. The predicted molar refractivity (Wildman–Crippen MR) is 92.3 cm³/mol. The van der Waals surface area contributed by atoms with Gasteiger partial charge in [-0.25, -0.2) is 13.4 Å². The maximum Gasteiger partial charge on any atom is 0.263 e.